The van der Waals surface area contributed by atoms with E-state index in [4.69, 9.17) is 0 Å². The first-order valence-corrected chi connectivity index (χ1v) is 10.0. The molecule has 24 heavy (non-hydrogen) atoms. The smallest absolute Gasteiger partial charge is 0.232 e. The molecule has 1 amide bonds. The summed E-state index contributed by atoms with van der Waals surface area (Å²) in [7, 11) is 0. The summed E-state index contributed by atoms with van der Waals surface area (Å²) in [5.41, 5.74) is -0.342. The average Bonchev–Trinajstić information content (AvgIpc) is 3.00. The summed E-state index contributed by atoms with van der Waals surface area (Å²) in [5.74, 6) is 1.67. The van der Waals surface area contributed by atoms with Crippen LogP contribution in [0.3, 0.4) is 0 Å². The van der Waals surface area contributed by atoms with Crippen LogP contribution < -0.4 is 5.32 Å². The number of amides is 1. The zero-order valence-corrected chi connectivity index (χ0v) is 15.2. The Morgan fingerprint density at radius 2 is 2.00 bits per heavy atom. The predicted octanol–water partition coefficient (Wildman–Crippen LogP) is 3.78. The van der Waals surface area contributed by atoms with E-state index in [-0.39, 0.29) is 23.2 Å². The first kappa shape index (κ1) is 16.2. The molecule has 1 aromatic rings. The molecule has 3 atom stereocenters. The number of carbonyl (C=O) groups is 2. The third-order valence-corrected chi connectivity index (χ3v) is 7.35. The van der Waals surface area contributed by atoms with Crippen molar-refractivity contribution in [2.75, 3.05) is 5.32 Å². The molecule has 6 heteroatoms. The molecule has 4 saturated carbocycles. The van der Waals surface area contributed by atoms with Crippen molar-refractivity contribution in [2.24, 2.45) is 23.2 Å². The Labute approximate surface area is 146 Å². The number of hydrogen-bond donors (Lipinski definition) is 1. The highest BCUT2D eigenvalue weighted by Gasteiger charge is 2.58. The molecule has 0 aliphatic heterocycles. The maximum Gasteiger partial charge on any atom is 0.232 e. The highest BCUT2D eigenvalue weighted by atomic mass is 32.1. The molecule has 0 radical (unpaired) electrons. The summed E-state index contributed by atoms with van der Waals surface area (Å²) in [5, 5.41) is 13.0. The Kier molecular flexibility index (Phi) is 3.98. The van der Waals surface area contributed by atoms with Crippen LogP contribution in [0.2, 0.25) is 0 Å². The minimum absolute atomic E-state index is 0.0697. The third kappa shape index (κ3) is 2.59. The highest BCUT2D eigenvalue weighted by molar-refractivity contribution is 7.15. The summed E-state index contributed by atoms with van der Waals surface area (Å²) in [6, 6.07) is 0. The molecule has 4 aliphatic carbocycles. The number of aromatic nitrogens is 2. The van der Waals surface area contributed by atoms with Crippen LogP contribution in [0.25, 0.3) is 0 Å². The van der Waals surface area contributed by atoms with Gasteiger partial charge in [-0.2, -0.15) is 0 Å². The Morgan fingerprint density at radius 3 is 2.67 bits per heavy atom. The van der Waals surface area contributed by atoms with Gasteiger partial charge in [-0.3, -0.25) is 9.59 Å². The van der Waals surface area contributed by atoms with Crippen LogP contribution in [0, 0.1) is 23.2 Å². The van der Waals surface area contributed by atoms with Crippen molar-refractivity contribution in [3.05, 3.63) is 5.01 Å². The highest BCUT2D eigenvalue weighted by Crippen LogP contribution is 2.58. The number of ketones is 1. The number of nitrogens with zero attached hydrogens (tertiary/aromatic N) is 2. The van der Waals surface area contributed by atoms with Crippen LogP contribution in [0.4, 0.5) is 5.13 Å². The maximum absolute atomic E-state index is 13.0. The van der Waals surface area contributed by atoms with Crippen LogP contribution in [0.5, 0.6) is 0 Å². The second-order valence-corrected chi connectivity index (χ2v) is 9.12. The average molecular weight is 347 g/mol. The van der Waals surface area contributed by atoms with Crippen LogP contribution in [0.1, 0.15) is 69.7 Å². The monoisotopic (exact) mass is 347 g/mol. The Morgan fingerprint density at radius 1 is 1.29 bits per heavy atom. The molecule has 1 heterocycles. The minimum Gasteiger partial charge on any atom is -0.300 e. The molecule has 1 N–H and O–H groups in total. The molecule has 1 aromatic heterocycles. The van der Waals surface area contributed by atoms with Gasteiger partial charge in [-0.25, -0.2) is 0 Å². The third-order valence-electron chi connectivity index (χ3n) is 6.28. The summed E-state index contributed by atoms with van der Waals surface area (Å²) in [6.07, 6.45) is 6.62. The van der Waals surface area contributed by atoms with Gasteiger partial charge in [0, 0.05) is 17.8 Å². The van der Waals surface area contributed by atoms with E-state index < -0.39 is 0 Å². The van der Waals surface area contributed by atoms with E-state index in [2.05, 4.69) is 29.4 Å². The van der Waals surface area contributed by atoms with Gasteiger partial charge in [0.1, 0.15) is 10.8 Å². The van der Waals surface area contributed by atoms with Gasteiger partial charge in [0.05, 0.1) is 5.41 Å². The molecule has 4 aliphatic rings. The molecule has 5 rings (SSSR count). The van der Waals surface area contributed by atoms with Gasteiger partial charge in [-0.15, -0.1) is 10.2 Å². The largest absolute Gasteiger partial charge is 0.300 e. The molecule has 5 nitrogen and oxygen atoms in total. The SMILES string of the molecule is CCC[C@@H](C)c1nnc(NC(=O)C23CC4C[C@@H](C2)C(=O)[C@@H](C4)C3)s1. The van der Waals surface area contributed by atoms with Crippen molar-refractivity contribution in [1.82, 2.24) is 10.2 Å². The minimum atomic E-state index is -0.342. The summed E-state index contributed by atoms with van der Waals surface area (Å²) < 4.78 is 0. The van der Waals surface area contributed by atoms with E-state index in [1.807, 2.05) is 0 Å². The van der Waals surface area contributed by atoms with E-state index in [1.54, 1.807) is 0 Å². The first-order valence-electron chi connectivity index (χ1n) is 9.19. The Bertz CT molecular complexity index is 653. The van der Waals surface area contributed by atoms with E-state index >= 15 is 0 Å². The Balaban J connectivity index is 1.48. The standard InChI is InChI=1S/C18H25N3O2S/c1-3-4-10(2)15-20-21-17(24-15)19-16(23)18-7-11-5-12(8-18)14(22)13(6-11)9-18/h10-13H,3-9H2,1-2H3,(H,19,21,23)/t10-,11?,12+,13+,18?/m1/s1. The first-order chi connectivity index (χ1) is 11.5. The predicted molar refractivity (Wildman–Crippen MR) is 92.9 cm³/mol. The van der Waals surface area contributed by atoms with Crippen LogP contribution in [-0.4, -0.2) is 21.9 Å². The molecule has 130 valence electrons. The van der Waals surface area contributed by atoms with E-state index in [0.717, 1.165) is 50.0 Å². The zero-order chi connectivity index (χ0) is 16.9. The van der Waals surface area contributed by atoms with E-state index in [0.29, 0.717) is 22.8 Å². The number of rotatable bonds is 5. The van der Waals surface area contributed by atoms with Crippen molar-refractivity contribution < 1.29 is 9.59 Å². The topological polar surface area (TPSA) is 72.0 Å². The zero-order valence-electron chi connectivity index (χ0n) is 14.4. The lowest BCUT2D eigenvalue weighted by Gasteiger charge is -2.54. The van der Waals surface area contributed by atoms with E-state index in [9.17, 15) is 9.59 Å². The lowest BCUT2D eigenvalue weighted by molar-refractivity contribution is -0.154. The molecule has 4 bridgehead atoms. The van der Waals surface area contributed by atoms with Crippen LogP contribution >= 0.6 is 11.3 Å². The van der Waals surface area contributed by atoms with Crippen molar-refractivity contribution in [3.63, 3.8) is 0 Å². The van der Waals surface area contributed by atoms with Crippen LogP contribution in [0.15, 0.2) is 0 Å². The van der Waals surface area contributed by atoms with Gasteiger partial charge >= 0.3 is 0 Å². The van der Waals surface area contributed by atoms with Crippen LogP contribution in [-0.2, 0) is 9.59 Å². The van der Waals surface area contributed by atoms with Gasteiger partial charge in [0.25, 0.3) is 0 Å². The van der Waals surface area contributed by atoms with Gasteiger partial charge in [0.2, 0.25) is 11.0 Å². The lowest BCUT2D eigenvalue weighted by atomic mass is 9.49. The van der Waals surface area contributed by atoms with Gasteiger partial charge in [-0.1, -0.05) is 31.6 Å². The van der Waals surface area contributed by atoms with Crippen molar-refractivity contribution >= 4 is 28.2 Å². The summed E-state index contributed by atoms with van der Waals surface area (Å²) in [4.78, 5) is 25.3. The number of carbonyl (C=O) groups excluding carboxylic acids is 2. The second kappa shape index (κ2) is 5.90. The van der Waals surface area contributed by atoms with Gasteiger partial charge in [-0.05, 0) is 44.4 Å². The molecule has 0 spiro atoms. The summed E-state index contributed by atoms with van der Waals surface area (Å²) in [6.45, 7) is 4.31. The molecule has 0 unspecified atom stereocenters. The number of anilines is 1. The molecule has 0 saturated heterocycles. The normalized spacial score (nSPS) is 35.2. The fourth-order valence-electron chi connectivity index (χ4n) is 5.30. The molecule has 0 aromatic carbocycles. The van der Waals surface area contributed by atoms with Gasteiger partial charge < -0.3 is 5.32 Å². The molecular weight excluding hydrogens is 322 g/mol. The molecular formula is C18H25N3O2S. The number of nitrogens with one attached hydrogen (secondary N) is 1. The number of Topliss-reactive ketones (excluding diaryl/α,β-unsaturated/α-hetero) is 1. The fourth-order valence-corrected chi connectivity index (χ4v) is 6.12. The van der Waals surface area contributed by atoms with Gasteiger partial charge in [0.15, 0.2) is 0 Å². The second-order valence-electron chi connectivity index (χ2n) is 8.12. The summed E-state index contributed by atoms with van der Waals surface area (Å²) >= 11 is 1.49. The van der Waals surface area contributed by atoms with Crippen molar-refractivity contribution in [2.45, 2.75) is 64.7 Å². The Hall–Kier alpha value is -1.30. The quantitative estimate of drug-likeness (QED) is 0.880. The van der Waals surface area contributed by atoms with Crippen molar-refractivity contribution in [3.8, 4) is 0 Å². The van der Waals surface area contributed by atoms with Crippen molar-refractivity contribution in [1.29, 1.82) is 0 Å². The lowest BCUT2D eigenvalue weighted by Crippen LogP contribution is -2.55. The number of hydrogen-bond acceptors (Lipinski definition) is 5. The van der Waals surface area contributed by atoms with E-state index in [1.165, 1.54) is 11.3 Å². The molecule has 4 fully saturated rings. The maximum atomic E-state index is 13.0. The fraction of sp³-hybridized carbons (Fsp3) is 0.778.